The predicted octanol–water partition coefficient (Wildman–Crippen LogP) is 8.41. The van der Waals surface area contributed by atoms with Gasteiger partial charge < -0.3 is 43.5 Å². The summed E-state index contributed by atoms with van der Waals surface area (Å²) in [5.74, 6) is -1.57. The van der Waals surface area contributed by atoms with Crippen LogP contribution in [0.5, 0.6) is 5.75 Å². The number of allylic oxidation sites excluding steroid dienone is 4. The van der Waals surface area contributed by atoms with Crippen LogP contribution >= 0.6 is 7.82 Å². The van der Waals surface area contributed by atoms with E-state index in [9.17, 15) is 38.9 Å². The van der Waals surface area contributed by atoms with E-state index in [1.165, 1.54) is 18.1 Å². The average Bonchev–Trinajstić information content (AvgIpc) is 4.15. The highest BCUT2D eigenvalue weighted by Crippen LogP contribution is 2.68. The number of hydrogen-bond donors (Lipinski definition) is 5. The maximum atomic E-state index is 14.9. The summed E-state index contributed by atoms with van der Waals surface area (Å²) in [4.78, 5) is 61.3. The molecular formula is C59H84N2O13P+. The minimum absolute atomic E-state index is 0.00685. The van der Waals surface area contributed by atoms with Crippen molar-refractivity contribution in [1.29, 1.82) is 0 Å². The van der Waals surface area contributed by atoms with Gasteiger partial charge in [0.2, 0.25) is 0 Å². The molecule has 11 atom stereocenters. The summed E-state index contributed by atoms with van der Waals surface area (Å²) in [5, 5.41) is 26.9. The van der Waals surface area contributed by atoms with Crippen molar-refractivity contribution in [1.82, 2.24) is 5.32 Å². The molecule has 2 heterocycles. The number of likely N-dealkylation sites (tertiary alicyclic amines) is 1. The number of rotatable bonds is 25. The van der Waals surface area contributed by atoms with Crippen molar-refractivity contribution in [3.8, 4) is 5.75 Å². The summed E-state index contributed by atoms with van der Waals surface area (Å²) >= 11 is 0. The van der Waals surface area contributed by atoms with Crippen LogP contribution in [0.1, 0.15) is 139 Å². The molecule has 0 radical (unpaired) electrons. The molecule has 6 unspecified atom stereocenters. The third-order valence-electron chi connectivity index (χ3n) is 18.6. The number of ether oxygens (including phenoxy) is 4. The number of fused-ring (bicyclic) bond motifs is 7. The summed E-state index contributed by atoms with van der Waals surface area (Å²) in [6, 6.07) is 15.3. The predicted molar refractivity (Wildman–Crippen MR) is 282 cm³/mol. The van der Waals surface area contributed by atoms with Gasteiger partial charge >= 0.3 is 13.8 Å². The molecule has 2 aromatic rings. The Balaban J connectivity index is 0.802. The van der Waals surface area contributed by atoms with E-state index in [4.69, 9.17) is 23.5 Å². The molecule has 0 spiro atoms. The number of quaternary nitrogens is 1. The number of unbranched alkanes of at least 4 members (excludes halogenated alkanes) is 4. The van der Waals surface area contributed by atoms with E-state index in [0.717, 1.165) is 122 Å². The van der Waals surface area contributed by atoms with E-state index >= 15 is 0 Å². The van der Waals surface area contributed by atoms with Gasteiger partial charge in [-0.3, -0.25) is 19.4 Å². The van der Waals surface area contributed by atoms with Crippen LogP contribution in [0.2, 0.25) is 0 Å². The van der Waals surface area contributed by atoms with Gasteiger partial charge in [-0.1, -0.05) is 94.0 Å². The summed E-state index contributed by atoms with van der Waals surface area (Å²) < 4.78 is 43.3. The first-order valence-corrected chi connectivity index (χ1v) is 29.9. The normalized spacial score (nSPS) is 31.5. The van der Waals surface area contributed by atoms with Crippen LogP contribution in [0.25, 0.3) is 0 Å². The number of aryl methyl sites for hydroxylation is 1. The lowest BCUT2D eigenvalue weighted by atomic mass is 9.46. The van der Waals surface area contributed by atoms with E-state index in [1.54, 1.807) is 24.3 Å². The standard InChI is InChI=1S/C59H83N2O13P/c1-58-27-26-45(62)34-44(58)23-24-46-52(58)47(63)35-59(2)53(46)55-56(73-57(72-55)41-20-9-6-10-21-41)54(59)49(65)39-71-51(66)38-61(29-13-14-30-61)37-43-33-42(22-25-50(43)74-75(67,68)69)48(64)36-60-28-12-3-4-15-31-70-32-16-11-19-40-17-7-5-8-18-40/h5,7-8,17-18,22,25-27,33-34,41,46-48,52-57,60,63-64H,3-4,6,9-16,19-21,23-24,28-32,35-39H2,1-2H3,(H-,67,68,69)/p+1/t46?,47?,48?,52?,53?,54-,55?,56-,57+,58-,59-/m0/s1. The van der Waals surface area contributed by atoms with Crippen molar-refractivity contribution >= 4 is 25.4 Å². The molecule has 4 saturated carbocycles. The lowest BCUT2D eigenvalue weighted by Crippen LogP contribution is -2.58. The highest BCUT2D eigenvalue weighted by atomic mass is 31.2. The van der Waals surface area contributed by atoms with Gasteiger partial charge in [-0.25, -0.2) is 9.36 Å². The molecule has 2 aliphatic heterocycles. The molecule has 5 aliphatic carbocycles. The molecule has 2 saturated heterocycles. The van der Waals surface area contributed by atoms with Crippen LogP contribution in [0.3, 0.4) is 0 Å². The first-order valence-electron chi connectivity index (χ1n) is 28.4. The number of benzene rings is 2. The highest BCUT2D eigenvalue weighted by molar-refractivity contribution is 7.46. The van der Waals surface area contributed by atoms with E-state index in [2.05, 4.69) is 43.4 Å². The monoisotopic (exact) mass is 1060 g/mol. The Labute approximate surface area is 444 Å². The Morgan fingerprint density at radius 1 is 0.893 bits per heavy atom. The molecule has 15 nitrogen and oxygen atoms in total. The lowest BCUT2D eigenvalue weighted by molar-refractivity contribution is -0.922. The van der Waals surface area contributed by atoms with Crippen molar-refractivity contribution in [2.45, 2.75) is 160 Å². The second-order valence-electron chi connectivity index (χ2n) is 23.7. The van der Waals surface area contributed by atoms with Gasteiger partial charge in [-0.15, -0.1) is 0 Å². The van der Waals surface area contributed by atoms with E-state index in [1.807, 2.05) is 12.1 Å². The first kappa shape index (κ1) is 56.1. The number of nitrogens with zero attached hydrogens (tertiary/aromatic N) is 1. The van der Waals surface area contributed by atoms with Crippen molar-refractivity contribution in [2.24, 2.45) is 40.4 Å². The fraction of sp³-hybridized carbons (Fsp3) is 0.678. The summed E-state index contributed by atoms with van der Waals surface area (Å²) in [6.45, 7) is 7.59. The van der Waals surface area contributed by atoms with Crippen LogP contribution < -0.4 is 9.84 Å². The quantitative estimate of drug-likeness (QED) is 0.0274. The molecule has 412 valence electrons. The first-order chi connectivity index (χ1) is 36.1. The Kier molecular flexibility index (Phi) is 18.4. The second-order valence-corrected chi connectivity index (χ2v) is 24.9. The summed E-state index contributed by atoms with van der Waals surface area (Å²) in [5.41, 5.74) is 2.21. The average molecular weight is 1060 g/mol. The third kappa shape index (κ3) is 13.1. The van der Waals surface area contributed by atoms with Gasteiger partial charge in [-0.2, -0.15) is 0 Å². The van der Waals surface area contributed by atoms with Crippen LogP contribution in [0, 0.1) is 40.4 Å². The van der Waals surface area contributed by atoms with E-state index in [-0.39, 0.29) is 71.2 Å². The SMILES string of the molecule is C[C@]12C=CC(=O)C=C1CCC1C2C(O)C[C@@]2(C)C1C1O[C@@H](C3CCCCC3)O[C@H]1[C@@H]2C(=O)COC(=O)C[N+]1(Cc2cc(C(O)CNCCCCCCOCCCCc3ccccc3)ccc2OP(=O)(O)O)CCCC1. The molecule has 6 fully saturated rings. The van der Waals surface area contributed by atoms with Gasteiger partial charge in [0, 0.05) is 55.4 Å². The largest absolute Gasteiger partial charge is 0.524 e. The molecule has 0 bridgehead atoms. The number of esters is 1. The second kappa shape index (κ2) is 24.6. The Morgan fingerprint density at radius 2 is 1.63 bits per heavy atom. The van der Waals surface area contributed by atoms with Crippen LogP contribution in [-0.2, 0) is 50.9 Å². The molecular weight excluding hydrogens is 976 g/mol. The van der Waals surface area contributed by atoms with Gasteiger partial charge in [-0.05, 0) is 123 Å². The fourth-order valence-electron chi connectivity index (χ4n) is 15.1. The molecule has 75 heavy (non-hydrogen) atoms. The molecule has 7 aliphatic rings. The minimum Gasteiger partial charge on any atom is -0.454 e. The Hall–Kier alpha value is -3.60. The molecule has 9 rings (SSSR count). The molecule has 2 aromatic carbocycles. The zero-order chi connectivity index (χ0) is 52.8. The molecule has 5 N–H and O–H groups in total. The summed E-state index contributed by atoms with van der Waals surface area (Å²) in [7, 11) is -4.97. The zero-order valence-electron chi connectivity index (χ0n) is 44.4. The van der Waals surface area contributed by atoms with Gasteiger partial charge in [0.1, 0.15) is 12.3 Å². The van der Waals surface area contributed by atoms with Crippen LogP contribution in [0.4, 0.5) is 0 Å². The Bertz CT molecular complexity index is 2400. The molecule has 0 aromatic heterocycles. The number of carbonyl (C=O) groups excluding carboxylic acids is 3. The Morgan fingerprint density at radius 3 is 2.39 bits per heavy atom. The van der Waals surface area contributed by atoms with Gasteiger partial charge in [0.25, 0.3) is 0 Å². The maximum Gasteiger partial charge on any atom is 0.524 e. The lowest BCUT2D eigenvalue weighted by Gasteiger charge is -2.59. The number of aliphatic hydroxyl groups is 2. The van der Waals surface area contributed by atoms with E-state index < -0.39 is 61.7 Å². The third-order valence-corrected chi connectivity index (χ3v) is 19.0. The minimum atomic E-state index is -4.97. The van der Waals surface area contributed by atoms with Gasteiger partial charge in [0.05, 0.1) is 43.4 Å². The smallest absolute Gasteiger partial charge is 0.454 e. The van der Waals surface area contributed by atoms with E-state index in [0.29, 0.717) is 30.6 Å². The van der Waals surface area contributed by atoms with Crippen molar-refractivity contribution in [3.05, 3.63) is 89.0 Å². The number of carbonyl (C=O) groups is 3. The molecule has 16 heteroatoms. The number of hydrogen-bond acceptors (Lipinski definition) is 12. The van der Waals surface area contributed by atoms with Crippen LogP contribution in [0.15, 0.2) is 72.3 Å². The number of Topliss-reactive ketones (excluding diaryl/α,β-unsaturated/α-hetero) is 1. The van der Waals surface area contributed by atoms with Gasteiger partial charge in [0.15, 0.2) is 31.0 Å². The number of nitrogens with one attached hydrogen (secondary N) is 1. The maximum absolute atomic E-state index is 14.9. The number of phosphoric acid groups is 1. The van der Waals surface area contributed by atoms with Crippen molar-refractivity contribution < 1.29 is 66.9 Å². The number of ketones is 2. The topological polar surface area (TPSA) is 207 Å². The van der Waals surface area contributed by atoms with Crippen molar-refractivity contribution in [3.63, 3.8) is 0 Å². The summed E-state index contributed by atoms with van der Waals surface area (Å²) in [6.07, 6.45) is 18.5. The zero-order valence-corrected chi connectivity index (χ0v) is 45.3. The number of phosphoric ester groups is 1. The number of aliphatic hydroxyl groups excluding tert-OH is 2. The highest BCUT2D eigenvalue weighted by Gasteiger charge is 2.71. The molecule has 0 amide bonds. The van der Waals surface area contributed by atoms with Crippen molar-refractivity contribution in [2.75, 3.05) is 52.5 Å². The fourth-order valence-corrected chi connectivity index (χ4v) is 15.5. The van der Waals surface area contributed by atoms with Crippen LogP contribution in [-0.4, -0.2) is 119 Å².